The van der Waals surface area contributed by atoms with E-state index in [4.69, 9.17) is 10.1 Å². The van der Waals surface area contributed by atoms with Crippen molar-refractivity contribution in [3.05, 3.63) is 82.2 Å². The summed E-state index contributed by atoms with van der Waals surface area (Å²) in [6, 6.07) is 10.6. The lowest BCUT2D eigenvalue weighted by molar-refractivity contribution is 0.445. The number of likely N-dealkylation sites (N-methyl/N-ethyl adjacent to an activating group) is 1. The SMILES string of the molecule is Cc1nn(-c2nccn2C)c(C)c1-c1cc2cnc(Nc3ccc(N(C)C4CCCNC4)cc3)nc2n(-c2nccs2)c1=O. The molecule has 6 aromatic rings. The van der Waals surface area contributed by atoms with E-state index in [1.165, 1.54) is 24.2 Å². The van der Waals surface area contributed by atoms with Crippen molar-refractivity contribution in [2.24, 2.45) is 7.05 Å². The predicted octanol–water partition coefficient (Wildman–Crippen LogP) is 4.37. The van der Waals surface area contributed by atoms with Crippen molar-refractivity contribution in [1.29, 1.82) is 0 Å². The minimum atomic E-state index is -0.229. The highest BCUT2D eigenvalue weighted by Gasteiger charge is 2.23. The van der Waals surface area contributed by atoms with Gasteiger partial charge in [0.15, 0.2) is 10.8 Å². The van der Waals surface area contributed by atoms with Crippen molar-refractivity contribution >= 4 is 39.7 Å². The van der Waals surface area contributed by atoms with Gasteiger partial charge in [-0.1, -0.05) is 0 Å². The number of hydrogen-bond donors (Lipinski definition) is 2. The molecule has 6 heterocycles. The quantitative estimate of drug-likeness (QED) is 0.272. The second-order valence-corrected chi connectivity index (χ2v) is 11.9. The molecule has 1 unspecified atom stereocenters. The van der Waals surface area contributed by atoms with Gasteiger partial charge in [-0.3, -0.25) is 4.79 Å². The summed E-state index contributed by atoms with van der Waals surface area (Å²) in [5.74, 6) is 1.06. The molecular formula is C31H33N11OS. The minimum Gasteiger partial charge on any atom is -0.370 e. The Hall–Kier alpha value is -4.88. The molecular weight excluding hydrogens is 574 g/mol. The van der Waals surface area contributed by atoms with E-state index in [1.807, 2.05) is 55.2 Å². The number of pyridine rings is 1. The van der Waals surface area contributed by atoms with Gasteiger partial charge in [-0.15, -0.1) is 11.3 Å². The fraction of sp³-hybridized carbons (Fsp3) is 0.290. The molecule has 0 saturated carbocycles. The van der Waals surface area contributed by atoms with Gasteiger partial charge in [0.1, 0.15) is 0 Å². The molecule has 1 saturated heterocycles. The Morgan fingerprint density at radius 1 is 1.11 bits per heavy atom. The minimum absolute atomic E-state index is 0.229. The number of imidazole rings is 1. The monoisotopic (exact) mass is 607 g/mol. The van der Waals surface area contributed by atoms with E-state index in [0.29, 0.717) is 39.7 Å². The molecule has 0 radical (unpaired) electrons. The zero-order valence-corrected chi connectivity index (χ0v) is 25.8. The maximum absolute atomic E-state index is 14.2. The lowest BCUT2D eigenvalue weighted by atomic mass is 10.0. The number of nitrogens with one attached hydrogen (secondary N) is 2. The third kappa shape index (κ3) is 4.93. The number of aryl methyl sites for hydroxylation is 2. The molecule has 2 N–H and O–H groups in total. The van der Waals surface area contributed by atoms with E-state index in [9.17, 15) is 4.79 Å². The van der Waals surface area contributed by atoms with E-state index in [1.54, 1.807) is 27.8 Å². The highest BCUT2D eigenvalue weighted by atomic mass is 32.1. The maximum Gasteiger partial charge on any atom is 0.266 e. The molecule has 1 fully saturated rings. The zero-order valence-electron chi connectivity index (χ0n) is 25.0. The normalized spacial score (nSPS) is 15.1. The van der Waals surface area contributed by atoms with Crippen LogP contribution in [-0.4, -0.2) is 65.0 Å². The van der Waals surface area contributed by atoms with Crippen LogP contribution in [0.1, 0.15) is 24.2 Å². The van der Waals surface area contributed by atoms with E-state index in [0.717, 1.165) is 41.4 Å². The Labute approximate surface area is 258 Å². The molecule has 5 aromatic heterocycles. The first-order chi connectivity index (χ1) is 21.4. The number of aromatic nitrogens is 8. The van der Waals surface area contributed by atoms with Crippen LogP contribution in [0.3, 0.4) is 0 Å². The number of rotatable bonds is 7. The standard InChI is InChI=1S/C31H33N11OS/c1-19-26(20(2)42(38-19)30-33-12-14-39(30)3)25-16-21-17-35-29(37-27(21)41(28(25)43)31-34-13-15-44-31)36-22-7-9-23(10-8-22)40(4)24-6-5-11-32-18-24/h7-10,12-17,24,32H,5-6,11,18H2,1-4H3,(H,35,36,37). The Kier molecular flexibility index (Phi) is 7.18. The number of thiazole rings is 1. The van der Waals surface area contributed by atoms with Crippen LogP contribution in [0.15, 0.2) is 65.3 Å². The van der Waals surface area contributed by atoms with Crippen molar-refractivity contribution in [2.45, 2.75) is 32.7 Å². The Morgan fingerprint density at radius 2 is 1.95 bits per heavy atom. The van der Waals surface area contributed by atoms with Crippen LogP contribution in [0.5, 0.6) is 0 Å². The molecule has 0 bridgehead atoms. The molecule has 1 atom stereocenters. The number of nitrogens with zero attached hydrogens (tertiary/aromatic N) is 9. The van der Waals surface area contributed by atoms with Crippen LogP contribution in [0.4, 0.5) is 17.3 Å². The molecule has 0 aliphatic carbocycles. The summed E-state index contributed by atoms with van der Waals surface area (Å²) >= 11 is 1.38. The Morgan fingerprint density at radius 3 is 2.66 bits per heavy atom. The number of piperidine rings is 1. The van der Waals surface area contributed by atoms with E-state index in [-0.39, 0.29) is 5.56 Å². The van der Waals surface area contributed by atoms with Gasteiger partial charge in [0.25, 0.3) is 5.56 Å². The number of benzene rings is 1. The first-order valence-electron chi connectivity index (χ1n) is 14.6. The fourth-order valence-corrected chi connectivity index (χ4v) is 6.55. The van der Waals surface area contributed by atoms with E-state index < -0.39 is 0 Å². The van der Waals surface area contributed by atoms with Gasteiger partial charge >= 0.3 is 0 Å². The summed E-state index contributed by atoms with van der Waals surface area (Å²) in [5, 5.41) is 14.6. The zero-order chi connectivity index (χ0) is 30.4. The summed E-state index contributed by atoms with van der Waals surface area (Å²) in [6.07, 6.45) is 9.38. The molecule has 0 amide bonds. The Balaban J connectivity index is 1.26. The van der Waals surface area contributed by atoms with E-state index >= 15 is 0 Å². The summed E-state index contributed by atoms with van der Waals surface area (Å²) < 4.78 is 5.22. The molecule has 7 rings (SSSR count). The number of hydrogen-bond acceptors (Lipinski definition) is 10. The smallest absolute Gasteiger partial charge is 0.266 e. The van der Waals surface area contributed by atoms with Crippen LogP contribution in [0.25, 0.3) is 33.2 Å². The largest absolute Gasteiger partial charge is 0.370 e. The fourth-order valence-electron chi connectivity index (χ4n) is 5.91. The average Bonchev–Trinajstić information content (AvgIpc) is 3.78. The van der Waals surface area contributed by atoms with Gasteiger partial charge in [0, 0.05) is 79.2 Å². The van der Waals surface area contributed by atoms with E-state index in [2.05, 4.69) is 49.7 Å². The predicted molar refractivity (Wildman–Crippen MR) is 174 cm³/mol. The summed E-state index contributed by atoms with van der Waals surface area (Å²) in [5.41, 5.74) is 5.04. The number of anilines is 3. The summed E-state index contributed by atoms with van der Waals surface area (Å²) in [4.78, 5) is 34.9. The first-order valence-corrected chi connectivity index (χ1v) is 15.4. The van der Waals surface area contributed by atoms with Crippen LogP contribution >= 0.6 is 11.3 Å². The molecule has 1 aliphatic heterocycles. The topological polar surface area (TPSA) is 124 Å². The highest BCUT2D eigenvalue weighted by Crippen LogP contribution is 2.30. The third-order valence-corrected chi connectivity index (χ3v) is 9.00. The van der Waals surface area contributed by atoms with Crippen LogP contribution in [0, 0.1) is 13.8 Å². The van der Waals surface area contributed by atoms with Gasteiger partial charge in [-0.2, -0.15) is 10.1 Å². The average molecular weight is 608 g/mol. The van der Waals surface area contributed by atoms with Crippen LogP contribution in [-0.2, 0) is 7.05 Å². The van der Waals surface area contributed by atoms with Gasteiger partial charge in [-0.05, 0) is 63.6 Å². The first kappa shape index (κ1) is 27.9. The second kappa shape index (κ2) is 11.3. The van der Waals surface area contributed by atoms with Gasteiger partial charge in [-0.25, -0.2) is 24.2 Å². The highest BCUT2D eigenvalue weighted by molar-refractivity contribution is 7.12. The van der Waals surface area contributed by atoms with Crippen LogP contribution < -0.4 is 21.1 Å². The second-order valence-electron chi connectivity index (χ2n) is 11.1. The molecule has 224 valence electrons. The molecule has 0 spiro atoms. The van der Waals surface area contributed by atoms with Crippen molar-refractivity contribution in [1.82, 2.24) is 44.2 Å². The number of fused-ring (bicyclic) bond motifs is 1. The maximum atomic E-state index is 14.2. The molecule has 1 aromatic carbocycles. The molecule has 12 nitrogen and oxygen atoms in total. The summed E-state index contributed by atoms with van der Waals surface area (Å²) in [7, 11) is 4.06. The van der Waals surface area contributed by atoms with Crippen molar-refractivity contribution in [3.63, 3.8) is 0 Å². The lowest BCUT2D eigenvalue weighted by Crippen LogP contribution is -2.44. The molecule has 13 heteroatoms. The van der Waals surface area contributed by atoms with Crippen molar-refractivity contribution in [2.75, 3.05) is 30.4 Å². The Bertz CT molecular complexity index is 2000. The van der Waals surface area contributed by atoms with Gasteiger partial charge in [0.2, 0.25) is 11.9 Å². The molecule has 44 heavy (non-hydrogen) atoms. The summed E-state index contributed by atoms with van der Waals surface area (Å²) in [6.45, 7) is 5.93. The van der Waals surface area contributed by atoms with Gasteiger partial charge < -0.3 is 20.1 Å². The third-order valence-electron chi connectivity index (χ3n) is 8.25. The van der Waals surface area contributed by atoms with Crippen molar-refractivity contribution < 1.29 is 0 Å². The lowest BCUT2D eigenvalue weighted by Gasteiger charge is -2.33. The van der Waals surface area contributed by atoms with Crippen LogP contribution in [0.2, 0.25) is 0 Å². The van der Waals surface area contributed by atoms with Gasteiger partial charge in [0.05, 0.1) is 17.0 Å². The molecule has 1 aliphatic rings. The van der Waals surface area contributed by atoms with Crippen molar-refractivity contribution in [3.8, 4) is 22.2 Å².